The van der Waals surface area contributed by atoms with Crippen LogP contribution in [0.2, 0.25) is 0 Å². The molecular formula is C7H10Br2O. The van der Waals surface area contributed by atoms with E-state index in [1.807, 2.05) is 0 Å². The average molecular weight is 270 g/mol. The maximum absolute atomic E-state index is 5.55. The lowest BCUT2D eigenvalue weighted by Gasteiger charge is -2.22. The number of rotatable bonds is 0. The summed E-state index contributed by atoms with van der Waals surface area (Å²) in [5, 5.41) is 0. The molecule has 58 valence electrons. The number of hydrogen-bond acceptors (Lipinski definition) is 1. The molecule has 2 aliphatic rings. The van der Waals surface area contributed by atoms with Gasteiger partial charge in [-0.15, -0.1) is 0 Å². The fourth-order valence-electron chi connectivity index (χ4n) is 1.64. The quantitative estimate of drug-likeness (QED) is 0.486. The van der Waals surface area contributed by atoms with Crippen LogP contribution in [0.3, 0.4) is 0 Å². The van der Waals surface area contributed by atoms with Crippen molar-refractivity contribution in [2.24, 2.45) is 0 Å². The third kappa shape index (κ3) is 1.07. The van der Waals surface area contributed by atoms with Crippen LogP contribution in [-0.2, 0) is 4.74 Å². The van der Waals surface area contributed by atoms with E-state index in [0.29, 0.717) is 15.8 Å². The van der Waals surface area contributed by atoms with Gasteiger partial charge >= 0.3 is 0 Å². The lowest BCUT2D eigenvalue weighted by atomic mass is 9.91. The molecule has 0 aromatic rings. The number of fused-ring (bicyclic) bond motifs is 1. The number of epoxide rings is 1. The summed E-state index contributed by atoms with van der Waals surface area (Å²) in [7, 11) is 0. The molecule has 0 N–H and O–H groups in total. The Morgan fingerprint density at radius 1 is 1.40 bits per heavy atom. The van der Waals surface area contributed by atoms with Gasteiger partial charge < -0.3 is 4.74 Å². The monoisotopic (exact) mass is 268 g/mol. The Labute approximate surface area is 77.8 Å². The van der Waals surface area contributed by atoms with Crippen molar-refractivity contribution in [3.05, 3.63) is 0 Å². The maximum atomic E-state index is 5.55. The second kappa shape index (κ2) is 2.20. The molecule has 3 heteroatoms. The molecule has 10 heavy (non-hydrogen) atoms. The summed E-state index contributed by atoms with van der Waals surface area (Å²) < 4.78 is 5.55. The van der Waals surface area contributed by atoms with Crippen molar-refractivity contribution in [1.29, 1.82) is 0 Å². The molecule has 2 fully saturated rings. The van der Waals surface area contributed by atoms with Crippen molar-refractivity contribution in [2.45, 2.75) is 41.1 Å². The number of alkyl halides is 2. The second-order valence-corrected chi connectivity index (χ2v) is 5.74. The van der Waals surface area contributed by atoms with E-state index in [9.17, 15) is 0 Å². The van der Waals surface area contributed by atoms with E-state index in [0.717, 1.165) is 12.8 Å². The van der Waals surface area contributed by atoms with Gasteiger partial charge in [0.1, 0.15) is 0 Å². The Morgan fingerprint density at radius 3 is 2.70 bits per heavy atom. The molecule has 0 amide bonds. The van der Waals surface area contributed by atoms with Crippen LogP contribution in [0.4, 0.5) is 0 Å². The van der Waals surface area contributed by atoms with E-state index in [1.165, 1.54) is 0 Å². The SMILES string of the molecule is C[C@]12C[C@H](Br)[C@H](Br)C[C@@H]1O2. The molecule has 0 aromatic heterocycles. The molecule has 1 aliphatic heterocycles. The van der Waals surface area contributed by atoms with E-state index < -0.39 is 0 Å². The molecule has 0 radical (unpaired) electrons. The summed E-state index contributed by atoms with van der Waals surface area (Å²) in [5.74, 6) is 0. The number of ether oxygens (including phenoxy) is 1. The van der Waals surface area contributed by atoms with Crippen LogP contribution in [0.25, 0.3) is 0 Å². The molecule has 4 atom stereocenters. The minimum Gasteiger partial charge on any atom is -0.366 e. The molecular weight excluding hydrogens is 260 g/mol. The van der Waals surface area contributed by atoms with Gasteiger partial charge in [-0.1, -0.05) is 31.9 Å². The second-order valence-electron chi connectivity index (χ2n) is 3.39. The Balaban J connectivity index is 2.05. The molecule has 1 saturated heterocycles. The van der Waals surface area contributed by atoms with Crippen molar-refractivity contribution < 1.29 is 4.74 Å². The van der Waals surface area contributed by atoms with E-state index in [4.69, 9.17) is 4.74 Å². The Morgan fingerprint density at radius 2 is 2.10 bits per heavy atom. The van der Waals surface area contributed by atoms with Crippen molar-refractivity contribution in [1.82, 2.24) is 0 Å². The van der Waals surface area contributed by atoms with E-state index in [2.05, 4.69) is 38.8 Å². The highest BCUT2D eigenvalue weighted by atomic mass is 79.9. The predicted octanol–water partition coefficient (Wildman–Crippen LogP) is 2.46. The van der Waals surface area contributed by atoms with Gasteiger partial charge in [0, 0.05) is 9.65 Å². The minimum atomic E-state index is 0.221. The van der Waals surface area contributed by atoms with Gasteiger partial charge in [-0.2, -0.15) is 0 Å². The highest BCUT2D eigenvalue weighted by Crippen LogP contribution is 2.50. The molecule has 1 saturated carbocycles. The van der Waals surface area contributed by atoms with Crippen LogP contribution < -0.4 is 0 Å². The topological polar surface area (TPSA) is 12.5 Å². The molecule has 0 spiro atoms. The largest absolute Gasteiger partial charge is 0.366 e. The van der Waals surface area contributed by atoms with Crippen molar-refractivity contribution in [3.63, 3.8) is 0 Å². The Bertz CT molecular complexity index is 162. The standard InChI is InChI=1S/C7H10Br2O/c1-7-3-5(9)4(8)2-6(7)10-7/h4-6H,2-3H2,1H3/t4-,5+,6+,7+/m1/s1. The molecule has 0 aromatic carbocycles. The Hall–Kier alpha value is 0.920. The van der Waals surface area contributed by atoms with Gasteiger partial charge in [-0.3, -0.25) is 0 Å². The van der Waals surface area contributed by atoms with Gasteiger partial charge in [0.2, 0.25) is 0 Å². The average Bonchev–Trinajstić information content (AvgIpc) is 2.41. The summed E-state index contributed by atoms with van der Waals surface area (Å²) in [6.07, 6.45) is 2.84. The number of hydrogen-bond donors (Lipinski definition) is 0. The maximum Gasteiger partial charge on any atom is 0.0931 e. The third-order valence-corrected chi connectivity index (χ3v) is 5.15. The zero-order valence-corrected chi connectivity index (χ0v) is 8.98. The molecule has 0 bridgehead atoms. The third-order valence-electron chi connectivity index (χ3n) is 2.47. The number of halogens is 2. The first-order chi connectivity index (χ1) is 4.62. The first-order valence-electron chi connectivity index (χ1n) is 3.58. The summed E-state index contributed by atoms with van der Waals surface area (Å²) in [6, 6.07) is 0. The normalized spacial score (nSPS) is 59.7. The highest BCUT2D eigenvalue weighted by Gasteiger charge is 2.57. The van der Waals surface area contributed by atoms with Crippen molar-refractivity contribution in [3.8, 4) is 0 Å². The fourth-order valence-corrected chi connectivity index (χ4v) is 3.02. The van der Waals surface area contributed by atoms with Crippen molar-refractivity contribution >= 4 is 31.9 Å². The zero-order chi connectivity index (χ0) is 7.35. The van der Waals surface area contributed by atoms with Crippen LogP contribution in [0.5, 0.6) is 0 Å². The van der Waals surface area contributed by atoms with Crippen LogP contribution >= 0.6 is 31.9 Å². The summed E-state index contributed by atoms with van der Waals surface area (Å²) in [6.45, 7) is 2.20. The van der Waals surface area contributed by atoms with E-state index in [1.54, 1.807) is 0 Å². The fraction of sp³-hybridized carbons (Fsp3) is 1.00. The van der Waals surface area contributed by atoms with Crippen LogP contribution in [0.15, 0.2) is 0 Å². The molecule has 1 aliphatic carbocycles. The molecule has 0 unspecified atom stereocenters. The Kier molecular flexibility index (Phi) is 1.67. The summed E-state index contributed by atoms with van der Waals surface area (Å²) in [4.78, 5) is 1.20. The van der Waals surface area contributed by atoms with Crippen LogP contribution in [0.1, 0.15) is 19.8 Å². The zero-order valence-electron chi connectivity index (χ0n) is 5.81. The lowest BCUT2D eigenvalue weighted by Crippen LogP contribution is -2.30. The summed E-state index contributed by atoms with van der Waals surface area (Å²) >= 11 is 7.25. The molecule has 2 rings (SSSR count). The van der Waals surface area contributed by atoms with Gasteiger partial charge in [0.15, 0.2) is 0 Å². The van der Waals surface area contributed by atoms with Crippen LogP contribution in [-0.4, -0.2) is 21.4 Å². The van der Waals surface area contributed by atoms with Crippen LogP contribution in [0, 0.1) is 0 Å². The molecule has 1 nitrogen and oxygen atoms in total. The van der Waals surface area contributed by atoms with E-state index >= 15 is 0 Å². The lowest BCUT2D eigenvalue weighted by molar-refractivity contribution is 0.306. The van der Waals surface area contributed by atoms with Gasteiger partial charge in [0.25, 0.3) is 0 Å². The first-order valence-corrected chi connectivity index (χ1v) is 5.41. The highest BCUT2D eigenvalue weighted by molar-refractivity contribution is 9.12. The van der Waals surface area contributed by atoms with Gasteiger partial charge in [-0.05, 0) is 19.8 Å². The smallest absolute Gasteiger partial charge is 0.0931 e. The first kappa shape index (κ1) is 7.56. The summed E-state index contributed by atoms with van der Waals surface area (Å²) in [5.41, 5.74) is 0.221. The van der Waals surface area contributed by atoms with Gasteiger partial charge in [0.05, 0.1) is 11.7 Å². The van der Waals surface area contributed by atoms with Gasteiger partial charge in [-0.25, -0.2) is 0 Å². The van der Waals surface area contributed by atoms with E-state index in [-0.39, 0.29) is 5.60 Å². The van der Waals surface area contributed by atoms with Crippen molar-refractivity contribution in [2.75, 3.05) is 0 Å². The predicted molar refractivity (Wildman–Crippen MR) is 47.9 cm³/mol. The minimum absolute atomic E-state index is 0.221. The molecule has 1 heterocycles.